The first-order chi connectivity index (χ1) is 13.4. The Bertz CT molecular complexity index is 737. The molecule has 5 atom stereocenters. The fourth-order valence-corrected chi connectivity index (χ4v) is 5.91. The number of fused-ring (bicyclic) bond motifs is 3. The van der Waals surface area contributed by atoms with Crippen LogP contribution < -0.4 is 0 Å². The van der Waals surface area contributed by atoms with Gasteiger partial charge in [0.05, 0.1) is 17.4 Å². The third-order valence-corrected chi connectivity index (χ3v) is 7.35. The minimum Gasteiger partial charge on any atom is -0.406 e. The van der Waals surface area contributed by atoms with Crippen LogP contribution in [0.5, 0.6) is 0 Å². The lowest BCUT2D eigenvalue weighted by atomic mass is 9.88. The highest BCUT2D eigenvalue weighted by atomic mass is 32.2. The summed E-state index contributed by atoms with van der Waals surface area (Å²) < 4.78 is 19.8. The van der Waals surface area contributed by atoms with Crippen LogP contribution in [0.1, 0.15) is 44.2 Å². The molecule has 0 saturated carbocycles. The third kappa shape index (κ3) is 3.43. The molecule has 0 amide bonds. The van der Waals surface area contributed by atoms with E-state index in [1.165, 1.54) is 11.7 Å². The van der Waals surface area contributed by atoms with E-state index in [1.54, 1.807) is 11.8 Å². The molecule has 4 rings (SSSR count). The number of aliphatic hydroxyl groups excluding tert-OH is 2. The Morgan fingerprint density at radius 2 is 1.93 bits per heavy atom. The van der Waals surface area contributed by atoms with Crippen molar-refractivity contribution in [2.45, 2.75) is 61.7 Å². The minimum atomic E-state index is -1.94. The first kappa shape index (κ1) is 20.0. The van der Waals surface area contributed by atoms with Crippen molar-refractivity contribution in [2.75, 3.05) is 18.8 Å². The molecule has 4 heterocycles. The number of aliphatic hydroxyl groups is 2. The molecule has 3 aliphatic rings. The topological polar surface area (TPSA) is 122 Å². The number of unbranched alkanes of at least 4 members (excludes halogenated alkanes) is 1. The predicted molar refractivity (Wildman–Crippen MR) is 99.5 cm³/mol. The molecule has 11 heteroatoms. The van der Waals surface area contributed by atoms with Gasteiger partial charge in [-0.2, -0.15) is 8.75 Å². The van der Waals surface area contributed by atoms with Crippen LogP contribution in [0.2, 0.25) is 0 Å². The van der Waals surface area contributed by atoms with Gasteiger partial charge in [0.25, 0.3) is 0 Å². The molecule has 28 heavy (non-hydrogen) atoms. The number of carbonyl (C=O) groups excluding carboxylic acids is 2. The van der Waals surface area contributed by atoms with Gasteiger partial charge in [-0.25, -0.2) is 14.5 Å². The summed E-state index contributed by atoms with van der Waals surface area (Å²) in [6, 6.07) is 0. The van der Waals surface area contributed by atoms with Crippen LogP contribution >= 0.6 is 23.5 Å². The maximum atomic E-state index is 12.1. The smallest absolute Gasteiger partial charge is 0.342 e. The molecule has 3 fully saturated rings. The van der Waals surface area contributed by atoms with E-state index in [4.69, 9.17) is 9.47 Å². The number of nitrogens with zero attached hydrogens (tertiary/aromatic N) is 3. The van der Waals surface area contributed by atoms with Crippen molar-refractivity contribution in [1.82, 2.24) is 13.6 Å². The van der Waals surface area contributed by atoms with E-state index in [2.05, 4.69) is 15.7 Å². The summed E-state index contributed by atoms with van der Waals surface area (Å²) in [6.45, 7) is 3.23. The molecule has 9 nitrogen and oxygen atoms in total. The fourth-order valence-electron chi connectivity index (χ4n) is 4.05. The Morgan fingerprint density at radius 3 is 2.61 bits per heavy atom. The van der Waals surface area contributed by atoms with E-state index in [0.29, 0.717) is 25.9 Å². The van der Waals surface area contributed by atoms with Gasteiger partial charge in [0.2, 0.25) is 0 Å². The Balaban J connectivity index is 1.54. The zero-order valence-electron chi connectivity index (χ0n) is 15.4. The maximum Gasteiger partial charge on any atom is 0.342 e. The van der Waals surface area contributed by atoms with E-state index < -0.39 is 30.1 Å². The number of thioether (sulfide) groups is 1. The number of esters is 2. The summed E-state index contributed by atoms with van der Waals surface area (Å²) in [4.78, 5) is 26.0. The van der Waals surface area contributed by atoms with E-state index in [1.807, 2.05) is 4.90 Å². The number of rotatable bonds is 5. The van der Waals surface area contributed by atoms with Crippen molar-refractivity contribution in [3.05, 3.63) is 5.69 Å². The number of hydrogen-bond acceptors (Lipinski definition) is 11. The second kappa shape index (κ2) is 7.86. The van der Waals surface area contributed by atoms with Gasteiger partial charge in [0, 0.05) is 25.4 Å². The van der Waals surface area contributed by atoms with Crippen LogP contribution in [-0.4, -0.2) is 72.8 Å². The van der Waals surface area contributed by atoms with Gasteiger partial charge in [-0.05, 0) is 24.5 Å². The first-order valence-corrected chi connectivity index (χ1v) is 11.2. The molecule has 3 saturated heterocycles. The number of hydrogen-bond donors (Lipinski definition) is 2. The number of aromatic nitrogens is 2. The SMILES string of the molecule is CCCCSc1nsnc1[C@@H]1CN2C[C@H]1CCC21OC(=O)C(O)C(O)C(=O)O1. The molecule has 2 N–H and O–H groups in total. The summed E-state index contributed by atoms with van der Waals surface area (Å²) in [5, 5.41) is 20.5. The summed E-state index contributed by atoms with van der Waals surface area (Å²) in [5.41, 5.74) is 0.960. The molecular formula is C17H23N3O6S2. The van der Waals surface area contributed by atoms with Crippen LogP contribution in [-0.2, 0) is 19.1 Å². The summed E-state index contributed by atoms with van der Waals surface area (Å²) >= 11 is 2.91. The zero-order valence-corrected chi connectivity index (χ0v) is 17.1. The van der Waals surface area contributed by atoms with Crippen molar-refractivity contribution in [3.8, 4) is 0 Å². The lowest BCUT2D eigenvalue weighted by Crippen LogP contribution is -2.55. The highest BCUT2D eigenvalue weighted by molar-refractivity contribution is 7.99. The molecule has 0 aliphatic carbocycles. The average Bonchev–Trinajstić information content (AvgIpc) is 3.27. The number of piperidine rings is 1. The normalized spacial score (nSPS) is 37.6. The Hall–Kier alpha value is -1.27. The van der Waals surface area contributed by atoms with Crippen molar-refractivity contribution in [2.24, 2.45) is 5.92 Å². The summed E-state index contributed by atoms with van der Waals surface area (Å²) in [5.74, 6) is -2.28. The molecule has 1 aromatic heterocycles. The highest BCUT2D eigenvalue weighted by Gasteiger charge is 2.58. The minimum absolute atomic E-state index is 0.109. The third-order valence-electron chi connectivity index (χ3n) is 5.63. The molecule has 0 radical (unpaired) electrons. The molecule has 1 aromatic rings. The highest BCUT2D eigenvalue weighted by Crippen LogP contribution is 2.48. The van der Waals surface area contributed by atoms with Crippen molar-refractivity contribution >= 4 is 35.4 Å². The molecule has 154 valence electrons. The average molecular weight is 430 g/mol. The van der Waals surface area contributed by atoms with Gasteiger partial charge in [-0.1, -0.05) is 13.3 Å². The fraction of sp³-hybridized carbons (Fsp3) is 0.765. The van der Waals surface area contributed by atoms with E-state index in [0.717, 1.165) is 29.3 Å². The van der Waals surface area contributed by atoms with Crippen molar-refractivity contribution in [1.29, 1.82) is 0 Å². The van der Waals surface area contributed by atoms with Crippen molar-refractivity contribution in [3.63, 3.8) is 0 Å². The van der Waals surface area contributed by atoms with Gasteiger partial charge in [-0.3, -0.25) is 0 Å². The van der Waals surface area contributed by atoms with Gasteiger partial charge in [-0.15, -0.1) is 11.8 Å². The van der Waals surface area contributed by atoms with Gasteiger partial charge in [0.15, 0.2) is 12.2 Å². The van der Waals surface area contributed by atoms with Gasteiger partial charge in [0.1, 0.15) is 5.03 Å². The largest absolute Gasteiger partial charge is 0.406 e. The molecule has 2 bridgehead atoms. The lowest BCUT2D eigenvalue weighted by molar-refractivity contribution is -0.291. The summed E-state index contributed by atoms with van der Waals surface area (Å²) in [7, 11) is 0. The van der Waals surface area contributed by atoms with Crippen LogP contribution in [0.25, 0.3) is 0 Å². The van der Waals surface area contributed by atoms with Gasteiger partial charge >= 0.3 is 17.8 Å². The predicted octanol–water partition coefficient (Wildman–Crippen LogP) is 0.715. The molecule has 3 unspecified atom stereocenters. The van der Waals surface area contributed by atoms with Crippen LogP contribution in [0.15, 0.2) is 5.03 Å². The standard InChI is InChI=1S/C17H23N3O6S2/c1-2-3-6-27-14-11(18-28-19-14)10-8-20-7-9(10)4-5-17(20)25-15(23)12(21)13(22)16(24)26-17/h9-10,12-13,21-22H,2-8H2,1H3/t9-,10-,12?,13?,17?/m1/s1. The molecule has 3 aliphatic heterocycles. The number of carbonyl (C=O) groups is 2. The van der Waals surface area contributed by atoms with E-state index in [9.17, 15) is 19.8 Å². The van der Waals surface area contributed by atoms with Crippen LogP contribution in [0.3, 0.4) is 0 Å². The maximum absolute atomic E-state index is 12.1. The Kier molecular flexibility index (Phi) is 5.62. The lowest BCUT2D eigenvalue weighted by Gasteiger charge is -2.41. The molecule has 1 spiro atoms. The summed E-state index contributed by atoms with van der Waals surface area (Å²) in [6.07, 6.45) is -0.677. The second-order valence-corrected chi connectivity index (χ2v) is 9.02. The first-order valence-electron chi connectivity index (χ1n) is 9.47. The van der Waals surface area contributed by atoms with E-state index in [-0.39, 0.29) is 11.8 Å². The zero-order chi connectivity index (χ0) is 19.9. The van der Waals surface area contributed by atoms with Crippen molar-refractivity contribution < 1.29 is 29.3 Å². The quantitative estimate of drug-likeness (QED) is 0.393. The Labute approximate surface area is 170 Å². The Morgan fingerprint density at radius 1 is 1.21 bits per heavy atom. The second-order valence-electron chi connectivity index (χ2n) is 7.41. The van der Waals surface area contributed by atoms with E-state index >= 15 is 0 Å². The number of ether oxygens (including phenoxy) is 2. The van der Waals surface area contributed by atoms with Gasteiger partial charge < -0.3 is 19.7 Å². The molecule has 0 aromatic carbocycles. The molecular weight excluding hydrogens is 406 g/mol. The monoisotopic (exact) mass is 429 g/mol. The van der Waals surface area contributed by atoms with Crippen LogP contribution in [0.4, 0.5) is 0 Å². The van der Waals surface area contributed by atoms with Crippen LogP contribution in [0, 0.1) is 5.92 Å².